The lowest BCUT2D eigenvalue weighted by molar-refractivity contribution is -0.131. The zero-order chi connectivity index (χ0) is 9.52. The summed E-state index contributed by atoms with van der Waals surface area (Å²) in [4.78, 5) is 24.0. The van der Waals surface area contributed by atoms with Crippen molar-refractivity contribution in [3.05, 3.63) is 0 Å². The Morgan fingerprint density at radius 1 is 1.33 bits per heavy atom. The summed E-state index contributed by atoms with van der Waals surface area (Å²) in [5, 5.41) is 2.61. The number of nitrogens with zero attached hydrogens (tertiary/aromatic N) is 1. The van der Waals surface area contributed by atoms with Crippen molar-refractivity contribution in [3.63, 3.8) is 0 Å². The maximum atomic E-state index is 11.5. The van der Waals surface area contributed by atoms with Crippen molar-refractivity contribution >= 4 is 11.9 Å². The standard InChI is InChI=1S/C8H14N2O2/c1-5(2)10-6(11)8(3,4)9-7(10)12/h5H,1-4H3,(H,9,12). The van der Waals surface area contributed by atoms with Gasteiger partial charge in [-0.15, -0.1) is 0 Å². The molecule has 1 aliphatic heterocycles. The molecule has 0 aromatic carbocycles. The summed E-state index contributed by atoms with van der Waals surface area (Å²) < 4.78 is 0. The molecule has 0 aliphatic carbocycles. The van der Waals surface area contributed by atoms with Crippen LogP contribution in [-0.4, -0.2) is 28.4 Å². The Kier molecular flexibility index (Phi) is 1.86. The van der Waals surface area contributed by atoms with Crippen molar-refractivity contribution < 1.29 is 9.59 Å². The molecule has 0 spiro atoms. The van der Waals surface area contributed by atoms with E-state index in [1.807, 2.05) is 13.8 Å². The Bertz CT molecular complexity index is 233. The number of rotatable bonds is 1. The minimum absolute atomic E-state index is 0.0701. The van der Waals surface area contributed by atoms with Crippen LogP contribution in [0.1, 0.15) is 27.7 Å². The first-order chi connectivity index (χ1) is 5.36. The van der Waals surface area contributed by atoms with Gasteiger partial charge in [0, 0.05) is 6.04 Å². The summed E-state index contributed by atoms with van der Waals surface area (Å²) in [6, 6.07) is -0.362. The van der Waals surface area contributed by atoms with Gasteiger partial charge in [0.15, 0.2) is 0 Å². The highest BCUT2D eigenvalue weighted by Gasteiger charge is 2.45. The van der Waals surface area contributed by atoms with Gasteiger partial charge in [0.1, 0.15) is 5.54 Å². The molecule has 1 fully saturated rings. The minimum Gasteiger partial charge on any atom is -0.324 e. The predicted molar refractivity (Wildman–Crippen MR) is 44.6 cm³/mol. The van der Waals surface area contributed by atoms with Crippen molar-refractivity contribution in [2.75, 3.05) is 0 Å². The van der Waals surface area contributed by atoms with Crippen molar-refractivity contribution in [1.29, 1.82) is 0 Å². The molecule has 0 radical (unpaired) electrons. The van der Waals surface area contributed by atoms with Gasteiger partial charge in [0.25, 0.3) is 5.91 Å². The maximum absolute atomic E-state index is 11.5. The Morgan fingerprint density at radius 2 is 1.83 bits per heavy atom. The third kappa shape index (κ3) is 1.17. The van der Waals surface area contributed by atoms with E-state index < -0.39 is 5.54 Å². The summed E-state index contributed by atoms with van der Waals surface area (Å²) in [6.45, 7) is 7.04. The second kappa shape index (κ2) is 2.47. The number of carbonyl (C=O) groups is 2. The van der Waals surface area contributed by atoms with Crippen molar-refractivity contribution in [2.45, 2.75) is 39.3 Å². The Morgan fingerprint density at radius 3 is 2.00 bits per heavy atom. The molecule has 1 heterocycles. The molecule has 12 heavy (non-hydrogen) atoms. The molecule has 0 aromatic heterocycles. The highest BCUT2D eigenvalue weighted by Crippen LogP contribution is 2.18. The lowest BCUT2D eigenvalue weighted by Crippen LogP contribution is -2.41. The van der Waals surface area contributed by atoms with Crippen LogP contribution in [0.25, 0.3) is 0 Å². The number of carbonyl (C=O) groups excluding carboxylic acids is 2. The minimum atomic E-state index is -0.735. The Labute approximate surface area is 71.9 Å². The van der Waals surface area contributed by atoms with E-state index in [1.54, 1.807) is 13.8 Å². The van der Waals surface area contributed by atoms with Crippen LogP contribution < -0.4 is 5.32 Å². The van der Waals surface area contributed by atoms with Crippen LogP contribution in [0, 0.1) is 0 Å². The van der Waals surface area contributed by atoms with Gasteiger partial charge < -0.3 is 5.32 Å². The number of hydrogen-bond donors (Lipinski definition) is 1. The lowest BCUT2D eigenvalue weighted by atomic mass is 10.1. The third-order valence-corrected chi connectivity index (χ3v) is 1.91. The second-order valence-electron chi connectivity index (χ2n) is 3.82. The van der Waals surface area contributed by atoms with Crippen LogP contribution in [0.3, 0.4) is 0 Å². The number of imide groups is 1. The van der Waals surface area contributed by atoms with Crippen LogP contribution in [0.15, 0.2) is 0 Å². The molecule has 1 saturated heterocycles. The molecule has 0 saturated carbocycles. The Hall–Kier alpha value is -1.06. The molecular formula is C8H14N2O2. The maximum Gasteiger partial charge on any atom is 0.325 e. The van der Waals surface area contributed by atoms with Gasteiger partial charge in [-0.25, -0.2) is 4.79 Å². The monoisotopic (exact) mass is 170 g/mol. The smallest absolute Gasteiger partial charge is 0.324 e. The molecule has 68 valence electrons. The first-order valence-electron chi connectivity index (χ1n) is 4.02. The molecule has 0 aromatic rings. The third-order valence-electron chi connectivity index (χ3n) is 1.91. The number of hydrogen-bond acceptors (Lipinski definition) is 2. The molecule has 0 atom stereocenters. The molecule has 3 amide bonds. The predicted octanol–water partition coefficient (Wildman–Crippen LogP) is 0.725. The fourth-order valence-corrected chi connectivity index (χ4v) is 1.24. The molecule has 1 N–H and O–H groups in total. The highest BCUT2D eigenvalue weighted by atomic mass is 16.2. The quantitative estimate of drug-likeness (QED) is 0.590. The van der Waals surface area contributed by atoms with Crippen molar-refractivity contribution in [2.24, 2.45) is 0 Å². The largest absolute Gasteiger partial charge is 0.325 e. The van der Waals surface area contributed by atoms with Gasteiger partial charge in [-0.3, -0.25) is 9.69 Å². The molecule has 1 aliphatic rings. The summed E-state index contributed by atoms with van der Waals surface area (Å²) in [7, 11) is 0. The van der Waals surface area contributed by atoms with Crippen molar-refractivity contribution in [3.8, 4) is 0 Å². The molecular weight excluding hydrogens is 156 g/mol. The number of nitrogens with one attached hydrogen (secondary N) is 1. The zero-order valence-corrected chi connectivity index (χ0v) is 7.84. The van der Waals surface area contributed by atoms with Gasteiger partial charge in [0.2, 0.25) is 0 Å². The number of amides is 3. The summed E-state index contributed by atoms with van der Waals surface area (Å²) >= 11 is 0. The SMILES string of the molecule is CC(C)N1C(=O)NC(C)(C)C1=O. The highest BCUT2D eigenvalue weighted by molar-refractivity contribution is 6.06. The fourth-order valence-electron chi connectivity index (χ4n) is 1.24. The van der Waals surface area contributed by atoms with E-state index >= 15 is 0 Å². The topological polar surface area (TPSA) is 49.4 Å². The van der Waals surface area contributed by atoms with Crippen LogP contribution in [0.4, 0.5) is 4.79 Å². The van der Waals surface area contributed by atoms with E-state index in [9.17, 15) is 9.59 Å². The van der Waals surface area contributed by atoms with Gasteiger partial charge >= 0.3 is 6.03 Å². The first kappa shape index (κ1) is 9.03. The van der Waals surface area contributed by atoms with Gasteiger partial charge in [0.05, 0.1) is 0 Å². The average molecular weight is 170 g/mol. The van der Waals surface area contributed by atoms with E-state index in [4.69, 9.17) is 0 Å². The van der Waals surface area contributed by atoms with Gasteiger partial charge in [-0.1, -0.05) is 0 Å². The zero-order valence-electron chi connectivity index (χ0n) is 7.84. The van der Waals surface area contributed by atoms with Crippen LogP contribution in [-0.2, 0) is 4.79 Å². The lowest BCUT2D eigenvalue weighted by Gasteiger charge is -2.18. The van der Waals surface area contributed by atoms with Crippen molar-refractivity contribution in [1.82, 2.24) is 10.2 Å². The summed E-state index contributed by atoms with van der Waals surface area (Å²) in [5.41, 5.74) is -0.735. The van der Waals surface area contributed by atoms with E-state index in [2.05, 4.69) is 5.32 Å². The summed E-state index contributed by atoms with van der Waals surface area (Å²) in [6.07, 6.45) is 0. The average Bonchev–Trinajstić information content (AvgIpc) is 2.02. The summed E-state index contributed by atoms with van der Waals surface area (Å²) in [5.74, 6) is -0.150. The molecule has 0 unspecified atom stereocenters. The van der Waals surface area contributed by atoms with Crippen LogP contribution >= 0.6 is 0 Å². The second-order valence-corrected chi connectivity index (χ2v) is 3.82. The molecule has 1 rings (SSSR count). The van der Waals surface area contributed by atoms with E-state index in [0.717, 1.165) is 0 Å². The Balaban J connectivity index is 2.93. The molecule has 4 heteroatoms. The number of urea groups is 1. The first-order valence-corrected chi connectivity index (χ1v) is 4.02. The van der Waals surface area contributed by atoms with E-state index in [-0.39, 0.29) is 18.0 Å². The van der Waals surface area contributed by atoms with E-state index in [1.165, 1.54) is 4.90 Å². The van der Waals surface area contributed by atoms with Gasteiger partial charge in [-0.2, -0.15) is 0 Å². The fraction of sp³-hybridized carbons (Fsp3) is 0.750. The van der Waals surface area contributed by atoms with Crippen LogP contribution in [0.5, 0.6) is 0 Å². The normalized spacial score (nSPS) is 21.9. The molecule has 0 bridgehead atoms. The van der Waals surface area contributed by atoms with Gasteiger partial charge in [-0.05, 0) is 27.7 Å². The van der Waals surface area contributed by atoms with Crippen LogP contribution in [0.2, 0.25) is 0 Å². The van der Waals surface area contributed by atoms with E-state index in [0.29, 0.717) is 0 Å². The molecule has 4 nitrogen and oxygen atoms in total.